The number of nitrogens with one attached hydrogen (secondary N) is 1. The number of carbonyl (C=O) groups is 1. The van der Waals surface area contributed by atoms with Gasteiger partial charge in [0.25, 0.3) is 5.91 Å². The van der Waals surface area contributed by atoms with Crippen molar-refractivity contribution >= 4 is 27.5 Å². The predicted octanol–water partition coefficient (Wildman–Crippen LogP) is 1.81. The lowest BCUT2D eigenvalue weighted by atomic mass is 10.2. The zero-order valence-corrected chi connectivity index (χ0v) is 12.1. The summed E-state index contributed by atoms with van der Waals surface area (Å²) in [5.74, 6) is 4.59. The Hall–Kier alpha value is -1.67. The van der Waals surface area contributed by atoms with Crippen molar-refractivity contribution in [2.75, 3.05) is 0 Å². The van der Waals surface area contributed by atoms with Crippen LogP contribution in [0.2, 0.25) is 0 Å². The number of nitro benzene ring substituents is 1. The number of benzene rings is 1. The van der Waals surface area contributed by atoms with Gasteiger partial charge in [-0.25, -0.2) is 5.84 Å². The van der Waals surface area contributed by atoms with Gasteiger partial charge in [0.05, 0.1) is 4.92 Å². The number of hydrogen-bond acceptors (Lipinski definition) is 5. The van der Waals surface area contributed by atoms with Gasteiger partial charge in [-0.3, -0.25) is 20.3 Å². The van der Waals surface area contributed by atoms with Gasteiger partial charge >= 0.3 is 5.69 Å². The summed E-state index contributed by atoms with van der Waals surface area (Å²) in [6, 6.07) is 3.00. The Morgan fingerprint density at radius 3 is 2.74 bits per heavy atom. The smallest absolute Gasteiger partial charge is 0.312 e. The first kappa shape index (κ1) is 15.4. The van der Waals surface area contributed by atoms with E-state index in [4.69, 9.17) is 10.6 Å². The Morgan fingerprint density at radius 2 is 2.26 bits per heavy atom. The average Bonchev–Trinajstić information content (AvgIpc) is 2.36. The standard InChI is InChI=1S/C11H14BrN3O4/c1-3-9(11(16)14-13)19-10-6(2)4-7(12)5-8(10)15(17)18/h4-5,9H,3,13H2,1-2H3,(H,14,16). The zero-order chi connectivity index (χ0) is 14.6. The lowest BCUT2D eigenvalue weighted by Gasteiger charge is -2.17. The minimum atomic E-state index is -0.872. The monoisotopic (exact) mass is 331 g/mol. The molecule has 1 unspecified atom stereocenters. The summed E-state index contributed by atoms with van der Waals surface area (Å²) in [6.45, 7) is 3.39. The zero-order valence-electron chi connectivity index (χ0n) is 10.5. The quantitative estimate of drug-likeness (QED) is 0.370. The summed E-state index contributed by atoms with van der Waals surface area (Å²) in [4.78, 5) is 21.9. The molecular formula is C11H14BrN3O4. The van der Waals surface area contributed by atoms with E-state index in [1.165, 1.54) is 6.07 Å². The van der Waals surface area contributed by atoms with Gasteiger partial charge in [0.1, 0.15) is 0 Å². The highest BCUT2D eigenvalue weighted by atomic mass is 79.9. The summed E-state index contributed by atoms with van der Waals surface area (Å²) in [7, 11) is 0. The summed E-state index contributed by atoms with van der Waals surface area (Å²) in [5.41, 5.74) is 2.33. The first-order chi connectivity index (χ1) is 8.90. The molecule has 1 atom stereocenters. The predicted molar refractivity (Wildman–Crippen MR) is 72.6 cm³/mol. The number of hydrazine groups is 1. The second kappa shape index (κ2) is 6.48. The van der Waals surface area contributed by atoms with E-state index in [0.717, 1.165) is 0 Å². The average molecular weight is 332 g/mol. The van der Waals surface area contributed by atoms with E-state index in [2.05, 4.69) is 15.9 Å². The van der Waals surface area contributed by atoms with Crippen molar-refractivity contribution in [2.24, 2.45) is 5.84 Å². The molecule has 0 aliphatic heterocycles. The van der Waals surface area contributed by atoms with Crippen LogP contribution in [0.3, 0.4) is 0 Å². The molecule has 0 heterocycles. The van der Waals surface area contributed by atoms with Crippen molar-refractivity contribution in [3.8, 4) is 5.75 Å². The van der Waals surface area contributed by atoms with Crippen LogP contribution in [-0.2, 0) is 4.79 Å². The lowest BCUT2D eigenvalue weighted by molar-refractivity contribution is -0.386. The van der Waals surface area contributed by atoms with E-state index < -0.39 is 16.9 Å². The Balaban J connectivity index is 3.19. The largest absolute Gasteiger partial charge is 0.473 e. The molecule has 0 fully saturated rings. The molecule has 1 amide bonds. The number of nitrogens with zero attached hydrogens (tertiary/aromatic N) is 1. The summed E-state index contributed by atoms with van der Waals surface area (Å²) >= 11 is 3.18. The number of amides is 1. The number of nitro groups is 1. The minimum absolute atomic E-state index is 0.0728. The molecule has 1 aromatic carbocycles. The van der Waals surface area contributed by atoms with Gasteiger partial charge in [-0.1, -0.05) is 22.9 Å². The molecule has 3 N–H and O–H groups in total. The third-order valence-electron chi connectivity index (χ3n) is 2.48. The first-order valence-corrected chi connectivity index (χ1v) is 6.31. The van der Waals surface area contributed by atoms with Crippen molar-refractivity contribution in [3.05, 3.63) is 32.3 Å². The number of carbonyl (C=O) groups excluding carboxylic acids is 1. The second-order valence-corrected chi connectivity index (χ2v) is 4.77. The second-order valence-electron chi connectivity index (χ2n) is 3.85. The summed E-state index contributed by atoms with van der Waals surface area (Å²) in [5, 5.41) is 11.0. The van der Waals surface area contributed by atoms with Gasteiger partial charge in [0.2, 0.25) is 5.75 Å². The molecule has 0 bridgehead atoms. The van der Waals surface area contributed by atoms with Gasteiger partial charge in [-0.05, 0) is 25.0 Å². The number of rotatable bonds is 5. The Morgan fingerprint density at radius 1 is 1.63 bits per heavy atom. The number of aryl methyl sites for hydroxylation is 1. The molecule has 0 aliphatic carbocycles. The van der Waals surface area contributed by atoms with Gasteiger partial charge in [-0.15, -0.1) is 0 Å². The molecule has 0 aromatic heterocycles. The highest BCUT2D eigenvalue weighted by Crippen LogP contribution is 2.35. The van der Waals surface area contributed by atoms with E-state index in [-0.39, 0.29) is 11.4 Å². The fraction of sp³-hybridized carbons (Fsp3) is 0.364. The highest BCUT2D eigenvalue weighted by Gasteiger charge is 2.25. The highest BCUT2D eigenvalue weighted by molar-refractivity contribution is 9.10. The third-order valence-corrected chi connectivity index (χ3v) is 2.94. The van der Waals surface area contributed by atoms with E-state index in [1.54, 1.807) is 19.9 Å². The van der Waals surface area contributed by atoms with Crippen LogP contribution in [0.15, 0.2) is 16.6 Å². The van der Waals surface area contributed by atoms with Crippen LogP contribution in [-0.4, -0.2) is 16.9 Å². The number of hydrogen-bond donors (Lipinski definition) is 2. The molecule has 0 spiro atoms. The molecule has 0 aliphatic rings. The SMILES string of the molecule is CCC(Oc1c(C)cc(Br)cc1[N+](=O)[O-])C(=O)NN. The van der Waals surface area contributed by atoms with Crippen LogP contribution in [0, 0.1) is 17.0 Å². The van der Waals surface area contributed by atoms with Gasteiger partial charge in [-0.2, -0.15) is 0 Å². The van der Waals surface area contributed by atoms with Crippen LogP contribution in [0.5, 0.6) is 5.75 Å². The van der Waals surface area contributed by atoms with E-state index >= 15 is 0 Å². The molecule has 1 aromatic rings. The van der Waals surface area contributed by atoms with E-state index in [0.29, 0.717) is 16.5 Å². The van der Waals surface area contributed by atoms with Crippen molar-refractivity contribution < 1.29 is 14.5 Å². The Labute approximate surface area is 118 Å². The van der Waals surface area contributed by atoms with Crippen LogP contribution in [0.1, 0.15) is 18.9 Å². The van der Waals surface area contributed by atoms with Gasteiger partial charge in [0, 0.05) is 10.5 Å². The third kappa shape index (κ3) is 3.65. The van der Waals surface area contributed by atoms with Gasteiger partial charge < -0.3 is 4.74 Å². The maximum atomic E-state index is 11.5. The lowest BCUT2D eigenvalue weighted by Crippen LogP contribution is -2.41. The normalized spacial score (nSPS) is 11.8. The molecule has 7 nitrogen and oxygen atoms in total. The van der Waals surface area contributed by atoms with Gasteiger partial charge in [0.15, 0.2) is 6.10 Å². The molecule has 1 rings (SSSR count). The molecule has 0 saturated heterocycles. The van der Waals surface area contributed by atoms with Crippen LogP contribution in [0.4, 0.5) is 5.69 Å². The Bertz CT molecular complexity index is 507. The molecule has 8 heteroatoms. The van der Waals surface area contributed by atoms with Crippen molar-refractivity contribution in [1.82, 2.24) is 5.43 Å². The van der Waals surface area contributed by atoms with Crippen molar-refractivity contribution in [2.45, 2.75) is 26.4 Å². The molecular weight excluding hydrogens is 318 g/mol. The van der Waals surface area contributed by atoms with Crippen LogP contribution < -0.4 is 16.0 Å². The molecule has 0 saturated carbocycles. The van der Waals surface area contributed by atoms with E-state index in [1.807, 2.05) is 5.43 Å². The van der Waals surface area contributed by atoms with Crippen LogP contribution in [0.25, 0.3) is 0 Å². The Kier molecular flexibility index (Phi) is 5.25. The van der Waals surface area contributed by atoms with Crippen molar-refractivity contribution in [1.29, 1.82) is 0 Å². The molecule has 104 valence electrons. The maximum Gasteiger partial charge on any atom is 0.312 e. The fourth-order valence-electron chi connectivity index (χ4n) is 1.56. The summed E-state index contributed by atoms with van der Waals surface area (Å²) < 4.78 is 6.01. The van der Waals surface area contributed by atoms with Crippen molar-refractivity contribution in [3.63, 3.8) is 0 Å². The van der Waals surface area contributed by atoms with E-state index in [9.17, 15) is 14.9 Å². The number of ether oxygens (including phenoxy) is 1. The maximum absolute atomic E-state index is 11.5. The number of halogens is 1. The fourth-order valence-corrected chi connectivity index (χ4v) is 2.12. The number of nitrogens with two attached hydrogens (primary N) is 1. The topological polar surface area (TPSA) is 107 Å². The molecule has 19 heavy (non-hydrogen) atoms. The summed E-state index contributed by atoms with van der Waals surface area (Å²) in [6.07, 6.45) is -0.529. The van der Waals surface area contributed by atoms with Crippen LogP contribution >= 0.6 is 15.9 Å². The molecule has 0 radical (unpaired) electrons. The first-order valence-electron chi connectivity index (χ1n) is 5.52. The minimum Gasteiger partial charge on any atom is -0.473 e.